The van der Waals surface area contributed by atoms with Crippen LogP contribution < -0.4 is 15.4 Å². The molecule has 1 aliphatic rings. The van der Waals surface area contributed by atoms with Gasteiger partial charge in [-0.1, -0.05) is 19.1 Å². The van der Waals surface area contributed by atoms with E-state index in [1.807, 2.05) is 12.1 Å². The van der Waals surface area contributed by atoms with Crippen LogP contribution in [0.3, 0.4) is 0 Å². The summed E-state index contributed by atoms with van der Waals surface area (Å²) in [6, 6.07) is 8.16. The van der Waals surface area contributed by atoms with Gasteiger partial charge in [0.05, 0.1) is 19.8 Å². The van der Waals surface area contributed by atoms with E-state index in [1.54, 1.807) is 6.33 Å². The Balaban J connectivity index is 1.46. The number of morpholine rings is 1. The topological polar surface area (TPSA) is 88.8 Å². The summed E-state index contributed by atoms with van der Waals surface area (Å²) < 4.78 is 13.4. The Morgan fingerprint density at radius 2 is 2.06 bits per heavy atom. The molecule has 0 bridgehead atoms. The third-order valence-electron chi connectivity index (χ3n) is 5.10. The maximum Gasteiger partial charge on any atom is 0.191 e. The van der Waals surface area contributed by atoms with E-state index in [9.17, 15) is 0 Å². The highest BCUT2D eigenvalue weighted by molar-refractivity contribution is 5.79. The molecule has 0 spiro atoms. The number of rotatable bonds is 11. The van der Waals surface area contributed by atoms with Crippen molar-refractivity contribution in [1.29, 1.82) is 0 Å². The van der Waals surface area contributed by atoms with Gasteiger partial charge >= 0.3 is 0 Å². The van der Waals surface area contributed by atoms with Crippen molar-refractivity contribution in [1.82, 2.24) is 30.3 Å². The van der Waals surface area contributed by atoms with E-state index in [0.717, 1.165) is 82.0 Å². The molecular weight excluding hydrogens is 394 g/mol. The van der Waals surface area contributed by atoms with Crippen molar-refractivity contribution in [2.75, 3.05) is 52.5 Å². The van der Waals surface area contributed by atoms with E-state index < -0.39 is 0 Å². The second kappa shape index (κ2) is 12.9. The lowest BCUT2D eigenvalue weighted by Crippen LogP contribution is -2.39. The molecule has 0 unspecified atom stereocenters. The van der Waals surface area contributed by atoms with Gasteiger partial charge in [-0.15, -0.1) is 10.2 Å². The summed E-state index contributed by atoms with van der Waals surface area (Å²) in [6.45, 7) is 12.3. The number of benzene rings is 1. The molecule has 0 radical (unpaired) electrons. The van der Waals surface area contributed by atoms with Crippen LogP contribution in [0, 0.1) is 0 Å². The van der Waals surface area contributed by atoms with Crippen molar-refractivity contribution in [3.8, 4) is 5.75 Å². The van der Waals surface area contributed by atoms with Crippen molar-refractivity contribution in [2.24, 2.45) is 4.99 Å². The van der Waals surface area contributed by atoms with Gasteiger partial charge in [-0.3, -0.25) is 4.90 Å². The molecule has 1 saturated heterocycles. The van der Waals surface area contributed by atoms with E-state index in [2.05, 4.69) is 56.3 Å². The number of hydrogen-bond donors (Lipinski definition) is 2. The number of aryl methyl sites for hydroxylation is 1. The summed E-state index contributed by atoms with van der Waals surface area (Å²) in [4.78, 5) is 7.09. The minimum Gasteiger partial charge on any atom is -0.492 e. The molecule has 9 nitrogen and oxygen atoms in total. The van der Waals surface area contributed by atoms with Crippen LogP contribution in [0.2, 0.25) is 0 Å². The van der Waals surface area contributed by atoms with Gasteiger partial charge in [0.25, 0.3) is 0 Å². The van der Waals surface area contributed by atoms with Gasteiger partial charge in [0.1, 0.15) is 24.5 Å². The predicted octanol–water partition coefficient (Wildman–Crippen LogP) is 1.31. The molecule has 0 atom stereocenters. The zero-order valence-electron chi connectivity index (χ0n) is 18.7. The van der Waals surface area contributed by atoms with Crippen LogP contribution in [-0.2, 0) is 24.2 Å². The SMILES string of the molecule is CCNC(=NCc1cccc(OCCN2CCOCC2)c1)NCCn1cnnc1CC. The summed E-state index contributed by atoms with van der Waals surface area (Å²) in [5.41, 5.74) is 1.12. The van der Waals surface area contributed by atoms with E-state index in [-0.39, 0.29) is 0 Å². The Morgan fingerprint density at radius 3 is 2.87 bits per heavy atom. The fourth-order valence-electron chi connectivity index (χ4n) is 3.40. The highest BCUT2D eigenvalue weighted by Crippen LogP contribution is 2.14. The van der Waals surface area contributed by atoms with Crippen molar-refractivity contribution < 1.29 is 9.47 Å². The molecule has 31 heavy (non-hydrogen) atoms. The highest BCUT2D eigenvalue weighted by atomic mass is 16.5. The molecule has 1 aromatic heterocycles. The number of hydrogen-bond acceptors (Lipinski definition) is 6. The second-order valence-corrected chi connectivity index (χ2v) is 7.37. The van der Waals surface area contributed by atoms with E-state index in [4.69, 9.17) is 14.5 Å². The molecule has 2 N–H and O–H groups in total. The smallest absolute Gasteiger partial charge is 0.191 e. The molecule has 0 aliphatic carbocycles. The first kappa shape index (κ1) is 23.0. The van der Waals surface area contributed by atoms with E-state index in [1.165, 1.54) is 0 Å². The lowest BCUT2D eigenvalue weighted by Gasteiger charge is -2.26. The van der Waals surface area contributed by atoms with Crippen molar-refractivity contribution >= 4 is 5.96 Å². The predicted molar refractivity (Wildman–Crippen MR) is 121 cm³/mol. The number of nitrogens with one attached hydrogen (secondary N) is 2. The van der Waals surface area contributed by atoms with Crippen molar-refractivity contribution in [3.63, 3.8) is 0 Å². The molecule has 1 aromatic carbocycles. The Bertz CT molecular complexity index is 803. The Hall–Kier alpha value is -2.65. The van der Waals surface area contributed by atoms with Gasteiger partial charge in [-0.2, -0.15) is 0 Å². The van der Waals surface area contributed by atoms with E-state index in [0.29, 0.717) is 13.2 Å². The first-order valence-corrected chi connectivity index (χ1v) is 11.2. The van der Waals surface area contributed by atoms with Gasteiger partial charge in [0.15, 0.2) is 5.96 Å². The number of ether oxygens (including phenoxy) is 2. The Labute approximate surface area is 184 Å². The average Bonchev–Trinajstić information content (AvgIpc) is 3.26. The molecule has 0 saturated carbocycles. The lowest BCUT2D eigenvalue weighted by atomic mass is 10.2. The molecule has 3 rings (SSSR count). The van der Waals surface area contributed by atoms with E-state index >= 15 is 0 Å². The van der Waals surface area contributed by atoms with Crippen LogP contribution in [0.25, 0.3) is 0 Å². The van der Waals surface area contributed by atoms with Gasteiger partial charge in [0, 0.05) is 45.7 Å². The van der Waals surface area contributed by atoms with Crippen LogP contribution >= 0.6 is 0 Å². The third kappa shape index (κ3) is 7.84. The summed E-state index contributed by atoms with van der Waals surface area (Å²) in [5.74, 6) is 2.68. The largest absolute Gasteiger partial charge is 0.492 e. The summed E-state index contributed by atoms with van der Waals surface area (Å²) in [6.07, 6.45) is 2.65. The second-order valence-electron chi connectivity index (χ2n) is 7.37. The Morgan fingerprint density at radius 1 is 1.19 bits per heavy atom. The van der Waals surface area contributed by atoms with Crippen LogP contribution in [0.5, 0.6) is 5.75 Å². The molecule has 1 fully saturated rings. The average molecular weight is 430 g/mol. The molecule has 170 valence electrons. The fourth-order valence-corrected chi connectivity index (χ4v) is 3.40. The minimum absolute atomic E-state index is 0.586. The lowest BCUT2D eigenvalue weighted by molar-refractivity contribution is 0.0322. The third-order valence-corrected chi connectivity index (χ3v) is 5.10. The van der Waals surface area contributed by atoms with Crippen LogP contribution in [-0.4, -0.2) is 78.2 Å². The fraction of sp³-hybridized carbons (Fsp3) is 0.591. The molecular formula is C22H35N7O2. The standard InChI is InChI=1S/C22H35N7O2/c1-3-21-27-26-18-29(21)9-8-24-22(23-4-2)25-17-19-6-5-7-20(16-19)31-15-12-28-10-13-30-14-11-28/h5-7,16,18H,3-4,8-15,17H2,1-2H3,(H2,23,24,25). The van der Waals surface area contributed by atoms with Crippen LogP contribution in [0.15, 0.2) is 35.6 Å². The molecule has 9 heteroatoms. The van der Waals surface area contributed by atoms with Crippen LogP contribution in [0.1, 0.15) is 25.2 Å². The van der Waals surface area contributed by atoms with Gasteiger partial charge in [-0.05, 0) is 24.6 Å². The number of guanidine groups is 1. The van der Waals surface area contributed by atoms with Gasteiger partial charge in [-0.25, -0.2) is 4.99 Å². The number of nitrogens with zero attached hydrogens (tertiary/aromatic N) is 5. The summed E-state index contributed by atoms with van der Waals surface area (Å²) >= 11 is 0. The van der Waals surface area contributed by atoms with Gasteiger partial charge in [0.2, 0.25) is 0 Å². The number of aromatic nitrogens is 3. The molecule has 0 amide bonds. The van der Waals surface area contributed by atoms with Crippen molar-refractivity contribution in [2.45, 2.75) is 33.4 Å². The quantitative estimate of drug-likeness (QED) is 0.411. The summed E-state index contributed by atoms with van der Waals surface area (Å²) in [7, 11) is 0. The zero-order valence-corrected chi connectivity index (χ0v) is 18.7. The first-order chi connectivity index (χ1) is 15.3. The summed E-state index contributed by atoms with van der Waals surface area (Å²) in [5, 5.41) is 14.8. The maximum absolute atomic E-state index is 5.95. The Kier molecular flexibility index (Phi) is 9.59. The minimum atomic E-state index is 0.586. The molecule has 2 aromatic rings. The van der Waals surface area contributed by atoms with Gasteiger partial charge < -0.3 is 24.7 Å². The maximum atomic E-state index is 5.95. The zero-order chi connectivity index (χ0) is 21.7. The molecule has 2 heterocycles. The first-order valence-electron chi connectivity index (χ1n) is 11.2. The molecule has 1 aliphatic heterocycles. The monoisotopic (exact) mass is 429 g/mol. The van der Waals surface area contributed by atoms with Crippen molar-refractivity contribution in [3.05, 3.63) is 42.0 Å². The normalized spacial score (nSPS) is 15.1. The number of aliphatic imine (C=N–C) groups is 1. The van der Waals surface area contributed by atoms with Crippen LogP contribution in [0.4, 0.5) is 0 Å². The highest BCUT2D eigenvalue weighted by Gasteiger charge is 2.10.